The Kier molecular flexibility index (Phi) is 7.65. The van der Waals surface area contributed by atoms with Crippen molar-refractivity contribution in [3.63, 3.8) is 0 Å². The fourth-order valence-electron chi connectivity index (χ4n) is 5.10. The number of fused-ring (bicyclic) bond motifs is 1. The molecule has 2 aromatic carbocycles. The average molecular weight is 513 g/mol. The number of nitrogens with one attached hydrogen (secondary N) is 2. The van der Waals surface area contributed by atoms with Crippen LogP contribution in [0.5, 0.6) is 0 Å². The molecule has 1 aliphatic rings. The number of H-pyrrole nitrogens is 1. The summed E-state index contributed by atoms with van der Waals surface area (Å²) in [4.78, 5) is 40.8. The second kappa shape index (κ2) is 11.4. The Bertz CT molecular complexity index is 1400. The topological polar surface area (TPSA) is 114 Å². The van der Waals surface area contributed by atoms with Crippen LogP contribution in [0.2, 0.25) is 0 Å². The minimum atomic E-state index is -0.521. The number of aliphatic hydroxyl groups excluding tert-OH is 1. The van der Waals surface area contributed by atoms with E-state index in [-0.39, 0.29) is 17.7 Å². The Labute approximate surface area is 221 Å². The molecule has 9 nitrogen and oxygen atoms in total. The summed E-state index contributed by atoms with van der Waals surface area (Å²) in [5, 5.41) is 14.5. The lowest BCUT2D eigenvalue weighted by Gasteiger charge is -2.34. The molecule has 0 aliphatic carbocycles. The summed E-state index contributed by atoms with van der Waals surface area (Å²) in [6.07, 6.45) is 4.29. The van der Waals surface area contributed by atoms with Crippen LogP contribution in [-0.4, -0.2) is 63.0 Å². The monoisotopic (exact) mass is 512 g/mol. The van der Waals surface area contributed by atoms with Gasteiger partial charge in [0.05, 0.1) is 11.5 Å². The zero-order valence-electron chi connectivity index (χ0n) is 21.4. The molecule has 1 fully saturated rings. The lowest BCUT2D eigenvalue weighted by molar-refractivity contribution is -0.118. The van der Waals surface area contributed by atoms with E-state index in [0.29, 0.717) is 43.2 Å². The molecule has 2 amide bonds. The second-order valence-electron chi connectivity index (χ2n) is 9.61. The van der Waals surface area contributed by atoms with Crippen molar-refractivity contribution < 1.29 is 14.7 Å². The van der Waals surface area contributed by atoms with Gasteiger partial charge in [-0.3, -0.25) is 9.59 Å². The van der Waals surface area contributed by atoms with Gasteiger partial charge in [0.1, 0.15) is 17.8 Å². The molecule has 0 bridgehead atoms. The minimum Gasteiger partial charge on any atom is -0.388 e. The lowest BCUT2D eigenvalue weighted by atomic mass is 9.87. The van der Waals surface area contributed by atoms with Gasteiger partial charge in [-0.25, -0.2) is 9.97 Å². The number of anilines is 2. The van der Waals surface area contributed by atoms with Crippen LogP contribution in [-0.2, 0) is 4.79 Å². The third-order valence-corrected chi connectivity index (χ3v) is 7.12. The van der Waals surface area contributed by atoms with Crippen molar-refractivity contribution in [2.24, 2.45) is 5.92 Å². The van der Waals surface area contributed by atoms with Crippen LogP contribution < -0.4 is 10.2 Å². The van der Waals surface area contributed by atoms with Gasteiger partial charge in [-0.15, -0.1) is 0 Å². The molecule has 2 aromatic heterocycles. The summed E-state index contributed by atoms with van der Waals surface area (Å²) >= 11 is 0. The standard InChI is InChI=1S/C29H32N6O3/c1-20(36)30-14-17-35(28-25-10-13-31-27(25)32-19-33-28)24-9-5-8-23(18-24)29(38)34-15-11-22(12-16-34)26(37)21-6-3-2-4-7-21/h2-10,13,18-19,22,26,37H,11-12,14-17H2,1H3,(H,30,36)(H,31,32,33). The van der Waals surface area contributed by atoms with Gasteiger partial charge >= 0.3 is 0 Å². The van der Waals surface area contributed by atoms with E-state index >= 15 is 0 Å². The number of aromatic amines is 1. The Hall–Kier alpha value is -4.24. The highest BCUT2D eigenvalue weighted by atomic mass is 16.3. The van der Waals surface area contributed by atoms with Crippen LogP contribution in [0.1, 0.15) is 41.8 Å². The van der Waals surface area contributed by atoms with Crippen LogP contribution in [0.3, 0.4) is 0 Å². The lowest BCUT2D eigenvalue weighted by Crippen LogP contribution is -2.39. The Morgan fingerprint density at radius 1 is 1.11 bits per heavy atom. The van der Waals surface area contributed by atoms with Crippen molar-refractivity contribution in [1.29, 1.82) is 0 Å². The van der Waals surface area contributed by atoms with Gasteiger partial charge in [0.2, 0.25) is 5.91 Å². The number of hydrogen-bond donors (Lipinski definition) is 3. The molecule has 1 saturated heterocycles. The molecular formula is C29H32N6O3. The zero-order valence-corrected chi connectivity index (χ0v) is 21.4. The van der Waals surface area contributed by atoms with Gasteiger partial charge in [0.25, 0.3) is 5.91 Å². The van der Waals surface area contributed by atoms with Crippen molar-refractivity contribution >= 4 is 34.4 Å². The predicted molar refractivity (Wildman–Crippen MR) is 146 cm³/mol. The van der Waals surface area contributed by atoms with E-state index in [4.69, 9.17) is 0 Å². The molecule has 1 unspecified atom stereocenters. The summed E-state index contributed by atoms with van der Waals surface area (Å²) < 4.78 is 0. The normalized spacial score (nSPS) is 14.8. The number of benzene rings is 2. The summed E-state index contributed by atoms with van der Waals surface area (Å²) in [6, 6.07) is 19.1. The molecular weight excluding hydrogens is 480 g/mol. The number of rotatable bonds is 8. The van der Waals surface area contributed by atoms with E-state index in [1.165, 1.54) is 13.3 Å². The number of piperidine rings is 1. The van der Waals surface area contributed by atoms with E-state index in [9.17, 15) is 14.7 Å². The van der Waals surface area contributed by atoms with Crippen LogP contribution in [0.15, 0.2) is 73.2 Å². The number of likely N-dealkylation sites (tertiary alicyclic amines) is 1. The molecule has 5 rings (SSSR count). The van der Waals surface area contributed by atoms with Crippen molar-refractivity contribution in [3.8, 4) is 0 Å². The highest BCUT2D eigenvalue weighted by Gasteiger charge is 2.29. The van der Waals surface area contributed by atoms with Gasteiger partial charge in [-0.1, -0.05) is 36.4 Å². The first-order chi connectivity index (χ1) is 18.5. The van der Waals surface area contributed by atoms with E-state index < -0.39 is 6.10 Å². The van der Waals surface area contributed by atoms with E-state index in [1.54, 1.807) is 0 Å². The molecule has 4 aromatic rings. The van der Waals surface area contributed by atoms with E-state index in [0.717, 1.165) is 29.5 Å². The Morgan fingerprint density at radius 3 is 2.66 bits per heavy atom. The maximum Gasteiger partial charge on any atom is 0.253 e. The van der Waals surface area contributed by atoms with Gasteiger partial charge in [-0.2, -0.15) is 0 Å². The first-order valence-electron chi connectivity index (χ1n) is 12.9. The molecule has 0 saturated carbocycles. The largest absolute Gasteiger partial charge is 0.388 e. The third kappa shape index (κ3) is 5.52. The molecule has 38 heavy (non-hydrogen) atoms. The maximum atomic E-state index is 13.5. The molecule has 9 heteroatoms. The summed E-state index contributed by atoms with van der Waals surface area (Å²) in [5.74, 6) is 0.681. The molecule has 1 aliphatic heterocycles. The Morgan fingerprint density at radius 2 is 1.89 bits per heavy atom. The third-order valence-electron chi connectivity index (χ3n) is 7.12. The highest BCUT2D eigenvalue weighted by Crippen LogP contribution is 2.32. The van der Waals surface area contributed by atoms with Gasteiger partial charge in [0, 0.05) is 50.6 Å². The highest BCUT2D eigenvalue weighted by molar-refractivity contribution is 5.96. The molecule has 1 atom stereocenters. The van der Waals surface area contributed by atoms with E-state index in [1.807, 2.05) is 76.7 Å². The number of amides is 2. The number of hydrogen-bond acceptors (Lipinski definition) is 6. The van der Waals surface area contributed by atoms with Gasteiger partial charge in [-0.05, 0) is 48.6 Å². The zero-order chi connectivity index (χ0) is 26.5. The first kappa shape index (κ1) is 25.4. The number of aromatic nitrogens is 3. The van der Waals surface area contributed by atoms with E-state index in [2.05, 4.69) is 20.3 Å². The van der Waals surface area contributed by atoms with Crippen LogP contribution in [0.25, 0.3) is 11.0 Å². The first-order valence-corrected chi connectivity index (χ1v) is 12.9. The number of aliphatic hydroxyl groups is 1. The maximum absolute atomic E-state index is 13.5. The molecule has 196 valence electrons. The average Bonchev–Trinajstić information content (AvgIpc) is 3.45. The Balaban J connectivity index is 1.33. The van der Waals surface area contributed by atoms with Crippen LogP contribution in [0.4, 0.5) is 11.5 Å². The number of carbonyl (C=O) groups excluding carboxylic acids is 2. The predicted octanol–water partition coefficient (Wildman–Crippen LogP) is 3.82. The molecule has 0 radical (unpaired) electrons. The minimum absolute atomic E-state index is 0.0317. The summed E-state index contributed by atoms with van der Waals surface area (Å²) in [6.45, 7) is 3.57. The molecule has 3 heterocycles. The molecule has 0 spiro atoms. The van der Waals surface area contributed by atoms with Crippen LogP contribution in [0, 0.1) is 5.92 Å². The van der Waals surface area contributed by atoms with Crippen molar-refractivity contribution in [2.45, 2.75) is 25.9 Å². The summed E-state index contributed by atoms with van der Waals surface area (Å²) in [7, 11) is 0. The number of nitrogens with zero attached hydrogens (tertiary/aromatic N) is 4. The number of carbonyl (C=O) groups is 2. The van der Waals surface area contributed by atoms with Gasteiger partial charge in [0.15, 0.2) is 0 Å². The second-order valence-corrected chi connectivity index (χ2v) is 9.61. The molecule has 3 N–H and O–H groups in total. The van der Waals surface area contributed by atoms with Crippen LogP contribution >= 0.6 is 0 Å². The van der Waals surface area contributed by atoms with Crippen molar-refractivity contribution in [1.82, 2.24) is 25.2 Å². The van der Waals surface area contributed by atoms with Crippen molar-refractivity contribution in [3.05, 3.63) is 84.3 Å². The SMILES string of the molecule is CC(=O)NCCN(c1cccc(C(=O)N2CCC(C(O)c3ccccc3)CC2)c1)c1ncnc2[nH]ccc12. The fourth-order valence-corrected chi connectivity index (χ4v) is 5.10. The van der Waals surface area contributed by atoms with Crippen molar-refractivity contribution in [2.75, 3.05) is 31.1 Å². The quantitative estimate of drug-likeness (QED) is 0.331. The fraction of sp³-hybridized carbons (Fsp3) is 0.310. The van der Waals surface area contributed by atoms with Gasteiger partial charge < -0.3 is 25.2 Å². The summed E-state index contributed by atoms with van der Waals surface area (Å²) in [5.41, 5.74) is 3.03. The smallest absolute Gasteiger partial charge is 0.253 e.